The summed E-state index contributed by atoms with van der Waals surface area (Å²) in [6, 6.07) is 15.1. The highest BCUT2D eigenvalue weighted by molar-refractivity contribution is 5.27. The summed E-state index contributed by atoms with van der Waals surface area (Å²) in [4.78, 5) is 6.98. The van der Waals surface area contributed by atoms with Crippen LogP contribution in [-0.4, -0.2) is 16.4 Å². The molecule has 1 aromatic heterocycles. The summed E-state index contributed by atoms with van der Waals surface area (Å²) in [5.41, 5.74) is 4.13. The number of rotatable bonds is 9. The molecule has 0 fully saturated rings. The monoisotopic (exact) mass is 296 g/mol. The molecule has 2 aromatic rings. The lowest BCUT2D eigenvalue weighted by atomic mass is 10.0. The molecule has 2 heteroatoms. The van der Waals surface area contributed by atoms with Gasteiger partial charge in [0.2, 0.25) is 0 Å². The molecule has 0 spiro atoms. The van der Waals surface area contributed by atoms with Crippen molar-refractivity contribution in [1.82, 2.24) is 9.88 Å². The van der Waals surface area contributed by atoms with Crippen LogP contribution in [0.4, 0.5) is 0 Å². The lowest BCUT2D eigenvalue weighted by Crippen LogP contribution is -2.24. The van der Waals surface area contributed by atoms with Crippen LogP contribution in [0.3, 0.4) is 0 Å². The normalized spacial score (nSPS) is 11.0. The molecule has 22 heavy (non-hydrogen) atoms. The minimum absolute atomic E-state index is 0.927. The largest absolute Gasteiger partial charge is 0.293 e. The van der Waals surface area contributed by atoms with Crippen LogP contribution in [0.2, 0.25) is 0 Å². The average Bonchev–Trinajstić information content (AvgIpc) is 2.55. The van der Waals surface area contributed by atoms with Gasteiger partial charge in [-0.15, -0.1) is 0 Å². The van der Waals surface area contributed by atoms with Crippen molar-refractivity contribution in [3.8, 4) is 0 Å². The van der Waals surface area contributed by atoms with Gasteiger partial charge in [-0.2, -0.15) is 0 Å². The van der Waals surface area contributed by atoms with Crippen molar-refractivity contribution in [1.29, 1.82) is 0 Å². The Morgan fingerprint density at radius 2 is 1.64 bits per heavy atom. The van der Waals surface area contributed by atoms with Crippen molar-refractivity contribution >= 4 is 0 Å². The first-order chi connectivity index (χ1) is 10.8. The van der Waals surface area contributed by atoms with E-state index in [-0.39, 0.29) is 0 Å². The molecule has 1 aromatic carbocycles. The molecular weight excluding hydrogens is 268 g/mol. The number of unbranched alkanes of at least 4 members (excludes halogenated alkanes) is 1. The van der Waals surface area contributed by atoms with Gasteiger partial charge in [0.05, 0.1) is 5.69 Å². The van der Waals surface area contributed by atoms with E-state index in [1.54, 1.807) is 0 Å². The van der Waals surface area contributed by atoms with E-state index in [0.717, 1.165) is 25.3 Å². The Kier molecular flexibility index (Phi) is 7.11. The molecular formula is C20H28N2. The van der Waals surface area contributed by atoms with Gasteiger partial charge in [-0.1, -0.05) is 50.6 Å². The number of hydrogen-bond acceptors (Lipinski definition) is 2. The molecule has 0 aliphatic rings. The molecule has 0 saturated heterocycles. The molecule has 0 saturated carbocycles. The highest BCUT2D eigenvalue weighted by Gasteiger charge is 2.09. The number of hydrogen-bond donors (Lipinski definition) is 0. The predicted octanol–water partition coefficient (Wildman–Crippen LogP) is 4.84. The topological polar surface area (TPSA) is 16.1 Å². The lowest BCUT2D eigenvalue weighted by Gasteiger charge is -2.23. The molecule has 0 N–H and O–H groups in total. The van der Waals surface area contributed by atoms with Crippen molar-refractivity contribution in [2.45, 2.75) is 52.6 Å². The van der Waals surface area contributed by atoms with Gasteiger partial charge in [0, 0.05) is 19.3 Å². The van der Waals surface area contributed by atoms with Gasteiger partial charge < -0.3 is 0 Å². The van der Waals surface area contributed by atoms with Crippen molar-refractivity contribution < 1.29 is 0 Å². The zero-order valence-electron chi connectivity index (χ0n) is 14.0. The van der Waals surface area contributed by atoms with E-state index in [0.29, 0.717) is 0 Å². The van der Waals surface area contributed by atoms with Gasteiger partial charge in [-0.25, -0.2) is 0 Å². The number of aromatic nitrogens is 1. The van der Waals surface area contributed by atoms with E-state index < -0.39 is 0 Å². The summed E-state index contributed by atoms with van der Waals surface area (Å²) in [5, 5.41) is 0. The summed E-state index contributed by atoms with van der Waals surface area (Å²) in [6.07, 6.45) is 6.76. The van der Waals surface area contributed by atoms with Crippen LogP contribution in [0.5, 0.6) is 0 Å². The Bertz CT molecular complexity index is 536. The first kappa shape index (κ1) is 16.7. The van der Waals surface area contributed by atoms with Gasteiger partial charge in [-0.05, 0) is 49.1 Å². The van der Waals surface area contributed by atoms with Crippen LogP contribution in [0.25, 0.3) is 0 Å². The summed E-state index contributed by atoms with van der Waals surface area (Å²) >= 11 is 0. The minimum atomic E-state index is 0.927. The van der Waals surface area contributed by atoms with Crippen LogP contribution < -0.4 is 0 Å². The molecule has 0 radical (unpaired) electrons. The summed E-state index contributed by atoms with van der Waals surface area (Å²) in [5.74, 6) is 0. The molecule has 118 valence electrons. The zero-order valence-corrected chi connectivity index (χ0v) is 14.0. The molecule has 2 rings (SSSR count). The maximum Gasteiger partial charge on any atom is 0.0544 e. The van der Waals surface area contributed by atoms with Crippen molar-refractivity contribution in [3.63, 3.8) is 0 Å². The standard InChI is InChI=1S/C20H28N2/c1-3-5-10-18-11-6-7-12-19(18)16-22(15-4-2)17-20-13-8-9-14-21-20/h6-9,11-14H,3-5,10,15-17H2,1-2H3. The third-order valence-corrected chi connectivity index (χ3v) is 3.96. The van der Waals surface area contributed by atoms with Crippen molar-refractivity contribution in [3.05, 3.63) is 65.5 Å². The molecule has 0 amide bonds. The quantitative estimate of drug-likeness (QED) is 0.658. The zero-order chi connectivity index (χ0) is 15.6. The summed E-state index contributed by atoms with van der Waals surface area (Å²) in [7, 11) is 0. The van der Waals surface area contributed by atoms with Crippen LogP contribution >= 0.6 is 0 Å². The van der Waals surface area contributed by atoms with Gasteiger partial charge >= 0.3 is 0 Å². The molecule has 0 atom stereocenters. The Morgan fingerprint density at radius 3 is 2.32 bits per heavy atom. The fourth-order valence-electron chi connectivity index (χ4n) is 2.81. The first-order valence-corrected chi connectivity index (χ1v) is 8.52. The van der Waals surface area contributed by atoms with E-state index in [1.807, 2.05) is 12.3 Å². The van der Waals surface area contributed by atoms with E-state index >= 15 is 0 Å². The molecule has 2 nitrogen and oxygen atoms in total. The maximum atomic E-state index is 4.47. The lowest BCUT2D eigenvalue weighted by molar-refractivity contribution is 0.253. The Hall–Kier alpha value is -1.67. The van der Waals surface area contributed by atoms with Crippen molar-refractivity contribution in [2.75, 3.05) is 6.54 Å². The smallest absolute Gasteiger partial charge is 0.0544 e. The fourth-order valence-corrected chi connectivity index (χ4v) is 2.81. The second kappa shape index (κ2) is 9.37. The summed E-state index contributed by atoms with van der Waals surface area (Å²) < 4.78 is 0. The minimum Gasteiger partial charge on any atom is -0.293 e. The average molecular weight is 296 g/mol. The Labute approximate surface area is 135 Å². The predicted molar refractivity (Wildman–Crippen MR) is 93.7 cm³/mol. The molecule has 0 unspecified atom stereocenters. The van der Waals surface area contributed by atoms with Gasteiger partial charge in [-0.3, -0.25) is 9.88 Å². The van der Waals surface area contributed by atoms with Gasteiger partial charge in [0.25, 0.3) is 0 Å². The molecule has 0 aliphatic heterocycles. The number of nitrogens with zero attached hydrogens (tertiary/aromatic N) is 2. The van der Waals surface area contributed by atoms with Crippen LogP contribution in [0, 0.1) is 0 Å². The second-order valence-electron chi connectivity index (χ2n) is 5.90. The third kappa shape index (κ3) is 5.27. The van der Waals surface area contributed by atoms with Crippen molar-refractivity contribution in [2.24, 2.45) is 0 Å². The third-order valence-electron chi connectivity index (χ3n) is 3.96. The highest BCUT2D eigenvalue weighted by atomic mass is 15.1. The van der Waals surface area contributed by atoms with Gasteiger partial charge in [0.15, 0.2) is 0 Å². The van der Waals surface area contributed by atoms with E-state index in [1.165, 1.54) is 36.8 Å². The van der Waals surface area contributed by atoms with E-state index in [2.05, 4.69) is 60.1 Å². The van der Waals surface area contributed by atoms with Crippen LogP contribution in [-0.2, 0) is 19.5 Å². The van der Waals surface area contributed by atoms with Crippen LogP contribution in [0.1, 0.15) is 49.9 Å². The Balaban J connectivity index is 2.07. The molecule has 0 bridgehead atoms. The number of benzene rings is 1. The fraction of sp³-hybridized carbons (Fsp3) is 0.450. The Morgan fingerprint density at radius 1 is 0.864 bits per heavy atom. The SMILES string of the molecule is CCCCc1ccccc1CN(CCC)Cc1ccccn1. The van der Waals surface area contributed by atoms with Crippen LogP contribution in [0.15, 0.2) is 48.7 Å². The molecule has 1 heterocycles. The second-order valence-corrected chi connectivity index (χ2v) is 5.90. The highest BCUT2D eigenvalue weighted by Crippen LogP contribution is 2.16. The van der Waals surface area contributed by atoms with E-state index in [4.69, 9.17) is 0 Å². The van der Waals surface area contributed by atoms with E-state index in [9.17, 15) is 0 Å². The van der Waals surface area contributed by atoms with Gasteiger partial charge in [0.1, 0.15) is 0 Å². The number of aryl methyl sites for hydroxylation is 1. The first-order valence-electron chi connectivity index (χ1n) is 8.52. The number of pyridine rings is 1. The summed E-state index contributed by atoms with van der Waals surface area (Å²) in [6.45, 7) is 7.56. The molecule has 0 aliphatic carbocycles. The maximum absolute atomic E-state index is 4.47.